The topological polar surface area (TPSA) is 78.8 Å². The summed E-state index contributed by atoms with van der Waals surface area (Å²) in [6.45, 7) is 2.05. The molecule has 0 saturated carbocycles. The van der Waals surface area contributed by atoms with Crippen LogP contribution in [0.2, 0.25) is 5.02 Å². The zero-order valence-electron chi connectivity index (χ0n) is 12.6. The number of phenolic OH excluding ortho intramolecular Hbond substituents is 2. The summed E-state index contributed by atoms with van der Waals surface area (Å²) < 4.78 is 5.53. The van der Waals surface area contributed by atoms with Crippen molar-refractivity contribution in [3.63, 3.8) is 0 Å². The second kappa shape index (κ2) is 7.74. The van der Waals surface area contributed by atoms with Gasteiger partial charge in [-0.3, -0.25) is 4.79 Å². The minimum absolute atomic E-state index is 0.165. The third kappa shape index (κ3) is 5.07. The van der Waals surface area contributed by atoms with E-state index in [1.807, 2.05) is 0 Å². The maximum Gasteiger partial charge on any atom is 0.260 e. The lowest BCUT2D eigenvalue weighted by Gasteiger charge is -2.15. The zero-order valence-corrected chi connectivity index (χ0v) is 13.4. The van der Waals surface area contributed by atoms with E-state index in [0.717, 1.165) is 5.56 Å². The van der Waals surface area contributed by atoms with Crippen LogP contribution < -0.4 is 10.1 Å². The van der Waals surface area contributed by atoms with Crippen molar-refractivity contribution in [1.29, 1.82) is 0 Å². The number of rotatable bonds is 6. The van der Waals surface area contributed by atoms with E-state index >= 15 is 0 Å². The third-order valence-corrected chi connectivity index (χ3v) is 3.47. The summed E-state index contributed by atoms with van der Waals surface area (Å²) in [5.74, 6) is -0.0515. The van der Waals surface area contributed by atoms with Crippen LogP contribution in [0.1, 0.15) is 12.5 Å². The lowest BCUT2D eigenvalue weighted by Crippen LogP contribution is -2.37. The van der Waals surface area contributed by atoms with Crippen molar-refractivity contribution in [3.8, 4) is 17.2 Å². The number of carbonyl (C=O) groups is 1. The first kappa shape index (κ1) is 17.0. The maximum absolute atomic E-state index is 12.0. The van der Waals surface area contributed by atoms with Gasteiger partial charge in [0.1, 0.15) is 5.75 Å². The molecular weight excluding hydrogens is 318 g/mol. The van der Waals surface area contributed by atoms with E-state index in [1.54, 1.807) is 37.3 Å². The van der Waals surface area contributed by atoms with Crippen LogP contribution in [0.25, 0.3) is 0 Å². The van der Waals surface area contributed by atoms with Crippen molar-refractivity contribution in [1.82, 2.24) is 5.32 Å². The van der Waals surface area contributed by atoms with Crippen LogP contribution in [-0.4, -0.2) is 28.8 Å². The van der Waals surface area contributed by atoms with E-state index in [1.165, 1.54) is 12.1 Å². The molecule has 5 nitrogen and oxygen atoms in total. The molecule has 1 atom stereocenters. The summed E-state index contributed by atoms with van der Waals surface area (Å²) in [7, 11) is 0. The molecule has 0 aliphatic rings. The van der Waals surface area contributed by atoms with Crippen molar-refractivity contribution < 1.29 is 19.7 Å². The van der Waals surface area contributed by atoms with E-state index in [2.05, 4.69) is 5.32 Å². The van der Waals surface area contributed by atoms with Gasteiger partial charge in [0.05, 0.1) is 0 Å². The number of ether oxygens (including phenoxy) is 1. The first-order valence-electron chi connectivity index (χ1n) is 7.16. The third-order valence-electron chi connectivity index (χ3n) is 3.23. The number of hydrogen-bond acceptors (Lipinski definition) is 4. The largest absolute Gasteiger partial charge is 0.504 e. The van der Waals surface area contributed by atoms with Gasteiger partial charge in [-0.25, -0.2) is 0 Å². The molecule has 0 aliphatic heterocycles. The van der Waals surface area contributed by atoms with Crippen LogP contribution in [-0.2, 0) is 11.2 Å². The van der Waals surface area contributed by atoms with E-state index in [9.17, 15) is 15.0 Å². The molecule has 2 rings (SSSR count). The van der Waals surface area contributed by atoms with E-state index in [0.29, 0.717) is 23.7 Å². The number of nitrogens with one attached hydrogen (secondary N) is 1. The number of carbonyl (C=O) groups excluding carboxylic acids is 1. The fourth-order valence-electron chi connectivity index (χ4n) is 2.00. The summed E-state index contributed by atoms with van der Waals surface area (Å²) in [5.41, 5.74) is 0.809. The van der Waals surface area contributed by atoms with Crippen molar-refractivity contribution >= 4 is 17.5 Å². The van der Waals surface area contributed by atoms with E-state index in [4.69, 9.17) is 16.3 Å². The van der Waals surface area contributed by atoms with Crippen molar-refractivity contribution in [3.05, 3.63) is 53.1 Å². The SMILES string of the molecule is CC(Oc1cccc(Cl)c1)C(=O)NCCc1ccc(O)c(O)c1. The summed E-state index contributed by atoms with van der Waals surface area (Å²) in [4.78, 5) is 12.0. The molecule has 6 heteroatoms. The van der Waals surface area contributed by atoms with Crippen LogP contribution in [0.15, 0.2) is 42.5 Å². The summed E-state index contributed by atoms with van der Waals surface area (Å²) >= 11 is 5.86. The standard InChI is InChI=1S/C17H18ClNO4/c1-11(23-14-4-2-3-13(18)10-14)17(22)19-8-7-12-5-6-15(20)16(21)9-12/h2-6,9-11,20-21H,7-8H2,1H3,(H,19,22). The zero-order chi connectivity index (χ0) is 16.8. The van der Waals surface area contributed by atoms with Crippen LogP contribution >= 0.6 is 11.6 Å². The van der Waals surface area contributed by atoms with Crippen molar-refractivity contribution in [2.75, 3.05) is 6.54 Å². The summed E-state index contributed by atoms with van der Waals surface area (Å²) in [6.07, 6.45) is -0.120. The number of aromatic hydroxyl groups is 2. The van der Waals surface area contributed by atoms with Gasteiger partial charge in [0.2, 0.25) is 0 Å². The fourth-order valence-corrected chi connectivity index (χ4v) is 2.18. The Morgan fingerprint density at radius 1 is 1.22 bits per heavy atom. The van der Waals surface area contributed by atoms with Gasteiger partial charge < -0.3 is 20.3 Å². The molecule has 0 spiro atoms. The van der Waals surface area contributed by atoms with Crippen LogP contribution in [0.3, 0.4) is 0 Å². The highest BCUT2D eigenvalue weighted by molar-refractivity contribution is 6.30. The highest BCUT2D eigenvalue weighted by Gasteiger charge is 2.14. The average molecular weight is 336 g/mol. The predicted octanol–water partition coefficient (Wildman–Crippen LogP) is 2.88. The molecular formula is C17H18ClNO4. The smallest absolute Gasteiger partial charge is 0.260 e. The van der Waals surface area contributed by atoms with Gasteiger partial charge in [-0.2, -0.15) is 0 Å². The van der Waals surface area contributed by atoms with Gasteiger partial charge in [0.15, 0.2) is 17.6 Å². The highest BCUT2D eigenvalue weighted by Crippen LogP contribution is 2.24. The predicted molar refractivity (Wildman–Crippen MR) is 88.0 cm³/mol. The van der Waals surface area contributed by atoms with Crippen molar-refractivity contribution in [2.24, 2.45) is 0 Å². The molecule has 0 heterocycles. The first-order valence-corrected chi connectivity index (χ1v) is 7.54. The Morgan fingerprint density at radius 3 is 2.70 bits per heavy atom. The molecule has 0 bridgehead atoms. The molecule has 3 N–H and O–H groups in total. The Bertz CT molecular complexity index is 690. The number of benzene rings is 2. The molecule has 2 aromatic carbocycles. The van der Waals surface area contributed by atoms with Crippen LogP contribution in [0.4, 0.5) is 0 Å². The Labute approximate surface area is 139 Å². The van der Waals surface area contributed by atoms with Crippen LogP contribution in [0.5, 0.6) is 17.2 Å². The molecule has 1 amide bonds. The minimum Gasteiger partial charge on any atom is -0.504 e. The second-order valence-electron chi connectivity index (χ2n) is 5.08. The van der Waals surface area contributed by atoms with Crippen LogP contribution in [0, 0.1) is 0 Å². The van der Waals surface area contributed by atoms with E-state index in [-0.39, 0.29) is 17.4 Å². The fraction of sp³-hybridized carbons (Fsp3) is 0.235. The molecule has 122 valence electrons. The van der Waals surface area contributed by atoms with Gasteiger partial charge in [-0.15, -0.1) is 0 Å². The van der Waals surface area contributed by atoms with Gasteiger partial charge in [-0.05, 0) is 49.2 Å². The van der Waals surface area contributed by atoms with Gasteiger partial charge in [-0.1, -0.05) is 23.7 Å². The summed E-state index contributed by atoms with van der Waals surface area (Å²) in [6, 6.07) is 11.4. The molecule has 0 fully saturated rings. The minimum atomic E-state index is -0.651. The van der Waals surface area contributed by atoms with Gasteiger partial charge >= 0.3 is 0 Å². The molecule has 2 aromatic rings. The first-order chi connectivity index (χ1) is 11.0. The van der Waals surface area contributed by atoms with E-state index < -0.39 is 6.10 Å². The van der Waals surface area contributed by atoms with Crippen molar-refractivity contribution in [2.45, 2.75) is 19.4 Å². The Morgan fingerprint density at radius 2 is 2.00 bits per heavy atom. The average Bonchev–Trinajstić information content (AvgIpc) is 2.50. The molecule has 1 unspecified atom stereocenters. The maximum atomic E-state index is 12.0. The summed E-state index contributed by atoms with van der Waals surface area (Å²) in [5, 5.41) is 22.0. The van der Waals surface area contributed by atoms with Gasteiger partial charge in [0, 0.05) is 11.6 Å². The lowest BCUT2D eigenvalue weighted by atomic mass is 10.1. The highest BCUT2D eigenvalue weighted by atomic mass is 35.5. The van der Waals surface area contributed by atoms with Gasteiger partial charge in [0.25, 0.3) is 5.91 Å². The Hall–Kier alpha value is -2.40. The number of amides is 1. The quantitative estimate of drug-likeness (QED) is 0.709. The Balaban J connectivity index is 1.80. The molecule has 0 aliphatic carbocycles. The second-order valence-corrected chi connectivity index (χ2v) is 5.52. The Kier molecular flexibility index (Phi) is 5.71. The monoisotopic (exact) mass is 335 g/mol. The number of halogens is 1. The molecule has 23 heavy (non-hydrogen) atoms. The molecule has 0 saturated heterocycles. The number of hydrogen-bond donors (Lipinski definition) is 3. The normalized spacial score (nSPS) is 11.7. The molecule has 0 radical (unpaired) electrons. The molecule has 0 aromatic heterocycles. The lowest BCUT2D eigenvalue weighted by molar-refractivity contribution is -0.127. The number of phenols is 2.